The van der Waals surface area contributed by atoms with E-state index in [1.165, 1.54) is 5.56 Å². The van der Waals surface area contributed by atoms with Gasteiger partial charge < -0.3 is 5.73 Å². The van der Waals surface area contributed by atoms with Gasteiger partial charge in [0.2, 0.25) is 0 Å². The van der Waals surface area contributed by atoms with Crippen LogP contribution in [0.1, 0.15) is 26.3 Å². The van der Waals surface area contributed by atoms with Crippen LogP contribution in [0.4, 0.5) is 0 Å². The summed E-state index contributed by atoms with van der Waals surface area (Å²) in [6.07, 6.45) is 0. The molecule has 0 amide bonds. The molecule has 0 radical (unpaired) electrons. The zero-order valence-corrected chi connectivity index (χ0v) is 10.7. The monoisotopic (exact) mass is 223 g/mol. The summed E-state index contributed by atoms with van der Waals surface area (Å²) >= 11 is 1.96. The van der Waals surface area contributed by atoms with Crippen LogP contribution in [-0.4, -0.2) is 11.8 Å². The summed E-state index contributed by atoms with van der Waals surface area (Å²) in [6, 6.07) is 10.6. The minimum atomic E-state index is 0.286. The van der Waals surface area contributed by atoms with Crippen molar-refractivity contribution in [1.82, 2.24) is 0 Å². The highest BCUT2D eigenvalue weighted by Gasteiger charge is 2.23. The second-order valence-corrected chi connectivity index (χ2v) is 6.08. The predicted molar refractivity (Wildman–Crippen MR) is 70.0 cm³/mol. The molecule has 1 nitrogen and oxygen atoms in total. The molecule has 0 fully saturated rings. The van der Waals surface area contributed by atoms with E-state index in [0.29, 0.717) is 5.25 Å². The number of benzene rings is 1. The third kappa shape index (κ3) is 4.27. The van der Waals surface area contributed by atoms with Crippen LogP contribution in [0.15, 0.2) is 30.3 Å². The number of nitrogens with two attached hydrogens (primary N) is 1. The lowest BCUT2D eigenvalue weighted by atomic mass is 9.92. The quantitative estimate of drug-likeness (QED) is 0.847. The van der Waals surface area contributed by atoms with Gasteiger partial charge >= 0.3 is 0 Å². The largest absolute Gasteiger partial charge is 0.329 e. The molecule has 0 aliphatic carbocycles. The van der Waals surface area contributed by atoms with Crippen molar-refractivity contribution in [3.63, 3.8) is 0 Å². The van der Waals surface area contributed by atoms with Crippen LogP contribution in [0.5, 0.6) is 0 Å². The minimum absolute atomic E-state index is 0.286. The maximum absolute atomic E-state index is 5.80. The van der Waals surface area contributed by atoms with Gasteiger partial charge in [-0.25, -0.2) is 0 Å². The molecule has 0 aliphatic rings. The highest BCUT2D eigenvalue weighted by molar-refractivity contribution is 7.99. The highest BCUT2D eigenvalue weighted by Crippen LogP contribution is 2.31. The number of hydrogen-bond acceptors (Lipinski definition) is 2. The van der Waals surface area contributed by atoms with Crippen LogP contribution >= 0.6 is 11.8 Å². The van der Waals surface area contributed by atoms with Gasteiger partial charge in [-0.2, -0.15) is 11.8 Å². The number of hydrogen-bond donors (Lipinski definition) is 1. The van der Waals surface area contributed by atoms with E-state index in [0.717, 1.165) is 12.3 Å². The topological polar surface area (TPSA) is 26.0 Å². The molecule has 0 saturated heterocycles. The normalized spacial score (nSPS) is 13.9. The van der Waals surface area contributed by atoms with E-state index < -0.39 is 0 Å². The minimum Gasteiger partial charge on any atom is -0.329 e. The van der Waals surface area contributed by atoms with E-state index in [1.54, 1.807) is 0 Å². The standard InChI is InChI=1S/C13H21NS/c1-13(2,3)12(9-14)15-10-11-7-5-4-6-8-11/h4-8,12H,9-10,14H2,1-3H3. The van der Waals surface area contributed by atoms with Crippen molar-refractivity contribution in [3.05, 3.63) is 35.9 Å². The van der Waals surface area contributed by atoms with E-state index in [1.807, 2.05) is 11.8 Å². The number of rotatable bonds is 4. The molecule has 2 heteroatoms. The van der Waals surface area contributed by atoms with E-state index in [-0.39, 0.29) is 5.41 Å². The maximum Gasteiger partial charge on any atom is 0.0222 e. The van der Waals surface area contributed by atoms with Crippen molar-refractivity contribution in [2.45, 2.75) is 31.8 Å². The van der Waals surface area contributed by atoms with Gasteiger partial charge in [0, 0.05) is 17.5 Å². The summed E-state index contributed by atoms with van der Waals surface area (Å²) in [5.74, 6) is 1.06. The smallest absolute Gasteiger partial charge is 0.0222 e. The van der Waals surface area contributed by atoms with Gasteiger partial charge in [-0.15, -0.1) is 0 Å². The van der Waals surface area contributed by atoms with E-state index in [9.17, 15) is 0 Å². The third-order valence-electron chi connectivity index (χ3n) is 2.47. The first kappa shape index (κ1) is 12.6. The van der Waals surface area contributed by atoms with Crippen LogP contribution < -0.4 is 5.73 Å². The highest BCUT2D eigenvalue weighted by atomic mass is 32.2. The summed E-state index contributed by atoms with van der Waals surface area (Å²) in [7, 11) is 0. The molecule has 0 saturated carbocycles. The first-order valence-corrected chi connectivity index (χ1v) is 6.44. The van der Waals surface area contributed by atoms with E-state index >= 15 is 0 Å². The van der Waals surface area contributed by atoms with Crippen molar-refractivity contribution >= 4 is 11.8 Å². The molecule has 0 bridgehead atoms. The first-order valence-electron chi connectivity index (χ1n) is 5.39. The van der Waals surface area contributed by atoms with Gasteiger partial charge in [0.1, 0.15) is 0 Å². The molecule has 0 aromatic heterocycles. The van der Waals surface area contributed by atoms with Gasteiger partial charge in [-0.1, -0.05) is 51.1 Å². The average Bonchev–Trinajstić information content (AvgIpc) is 2.18. The van der Waals surface area contributed by atoms with Crippen molar-refractivity contribution < 1.29 is 0 Å². The van der Waals surface area contributed by atoms with Gasteiger partial charge in [0.05, 0.1) is 0 Å². The van der Waals surface area contributed by atoms with E-state index in [4.69, 9.17) is 5.73 Å². The Morgan fingerprint density at radius 2 is 1.80 bits per heavy atom. The lowest BCUT2D eigenvalue weighted by molar-refractivity contribution is 0.398. The van der Waals surface area contributed by atoms with Crippen molar-refractivity contribution in [3.8, 4) is 0 Å². The van der Waals surface area contributed by atoms with Gasteiger partial charge in [-0.3, -0.25) is 0 Å². The maximum atomic E-state index is 5.80. The molecule has 1 rings (SSSR count). The summed E-state index contributed by atoms with van der Waals surface area (Å²) in [5.41, 5.74) is 7.47. The molecule has 1 aromatic carbocycles. The third-order valence-corrected chi connectivity index (χ3v) is 4.28. The fourth-order valence-electron chi connectivity index (χ4n) is 1.44. The summed E-state index contributed by atoms with van der Waals surface area (Å²) in [4.78, 5) is 0. The summed E-state index contributed by atoms with van der Waals surface area (Å²) in [5, 5.41) is 0.526. The zero-order valence-electron chi connectivity index (χ0n) is 9.86. The molecule has 84 valence electrons. The Bertz CT molecular complexity index is 276. The van der Waals surface area contributed by atoms with Crippen molar-refractivity contribution in [2.75, 3.05) is 6.54 Å². The summed E-state index contributed by atoms with van der Waals surface area (Å²) < 4.78 is 0. The Morgan fingerprint density at radius 1 is 1.20 bits per heavy atom. The molecule has 1 unspecified atom stereocenters. The summed E-state index contributed by atoms with van der Waals surface area (Å²) in [6.45, 7) is 7.51. The Kier molecular flexibility index (Phi) is 4.68. The lowest BCUT2D eigenvalue weighted by Gasteiger charge is -2.29. The molecule has 0 spiro atoms. The molecular formula is C13H21NS. The molecule has 1 atom stereocenters. The first-order chi connectivity index (χ1) is 7.04. The van der Waals surface area contributed by atoms with Crippen LogP contribution in [-0.2, 0) is 5.75 Å². The zero-order chi connectivity index (χ0) is 11.3. The lowest BCUT2D eigenvalue weighted by Crippen LogP contribution is -2.30. The SMILES string of the molecule is CC(C)(C)C(CN)SCc1ccccc1. The Labute approximate surface area is 97.4 Å². The molecule has 0 aliphatic heterocycles. The second kappa shape index (κ2) is 5.57. The molecule has 15 heavy (non-hydrogen) atoms. The van der Waals surface area contributed by atoms with Gasteiger partial charge in [-0.05, 0) is 11.0 Å². The van der Waals surface area contributed by atoms with Crippen LogP contribution in [0.25, 0.3) is 0 Å². The predicted octanol–water partition coefficient (Wildman–Crippen LogP) is 3.29. The molecule has 2 N–H and O–H groups in total. The second-order valence-electron chi connectivity index (χ2n) is 4.89. The van der Waals surface area contributed by atoms with Crippen molar-refractivity contribution in [1.29, 1.82) is 0 Å². The van der Waals surface area contributed by atoms with Crippen molar-refractivity contribution in [2.24, 2.45) is 11.1 Å². The average molecular weight is 223 g/mol. The molecule has 0 heterocycles. The Balaban J connectivity index is 2.49. The molecular weight excluding hydrogens is 202 g/mol. The number of thioether (sulfide) groups is 1. The fourth-order valence-corrected chi connectivity index (χ4v) is 2.66. The Morgan fingerprint density at radius 3 is 2.27 bits per heavy atom. The van der Waals surface area contributed by atoms with Crippen LogP contribution in [0, 0.1) is 5.41 Å². The van der Waals surface area contributed by atoms with Gasteiger partial charge in [0.15, 0.2) is 0 Å². The Hall–Kier alpha value is -0.470. The van der Waals surface area contributed by atoms with E-state index in [2.05, 4.69) is 51.1 Å². The van der Waals surface area contributed by atoms with Crippen LogP contribution in [0.3, 0.4) is 0 Å². The van der Waals surface area contributed by atoms with Crippen LogP contribution in [0.2, 0.25) is 0 Å². The fraction of sp³-hybridized carbons (Fsp3) is 0.538. The van der Waals surface area contributed by atoms with Gasteiger partial charge in [0.25, 0.3) is 0 Å². The molecule has 1 aromatic rings.